The van der Waals surface area contributed by atoms with Crippen molar-refractivity contribution in [3.63, 3.8) is 0 Å². The van der Waals surface area contributed by atoms with E-state index in [1.165, 1.54) is 0 Å². The van der Waals surface area contributed by atoms with E-state index in [9.17, 15) is 9.90 Å². The monoisotopic (exact) mass is 271 g/mol. The number of nitrogens with zero attached hydrogens (tertiary/aromatic N) is 2. The second kappa shape index (κ2) is 4.90. The molecule has 1 amide bonds. The zero-order valence-electron chi connectivity index (χ0n) is 10.7. The summed E-state index contributed by atoms with van der Waals surface area (Å²) in [6, 6.07) is 0. The van der Waals surface area contributed by atoms with Crippen molar-refractivity contribution in [1.29, 1.82) is 0 Å². The number of nitrogens with one attached hydrogen (secondary N) is 1. The number of aliphatic hydroxyl groups is 1. The second-order valence-electron chi connectivity index (χ2n) is 5.01. The lowest BCUT2D eigenvalue weighted by atomic mass is 9.80. The number of halogens is 1. The van der Waals surface area contributed by atoms with Crippen molar-refractivity contribution in [2.24, 2.45) is 7.05 Å². The molecule has 1 aromatic rings. The van der Waals surface area contributed by atoms with Crippen molar-refractivity contribution in [1.82, 2.24) is 15.1 Å². The summed E-state index contributed by atoms with van der Waals surface area (Å²) < 4.78 is 1.55. The van der Waals surface area contributed by atoms with Crippen LogP contribution in [0.4, 0.5) is 0 Å². The third-order valence-electron chi connectivity index (χ3n) is 3.51. The molecule has 5 nitrogen and oxygen atoms in total. The van der Waals surface area contributed by atoms with Gasteiger partial charge in [-0.05, 0) is 26.2 Å². The van der Waals surface area contributed by atoms with Crippen LogP contribution < -0.4 is 5.32 Å². The molecular weight excluding hydrogens is 254 g/mol. The third kappa shape index (κ3) is 2.67. The number of amides is 1. The van der Waals surface area contributed by atoms with Crippen LogP contribution in [0.5, 0.6) is 0 Å². The third-order valence-corrected chi connectivity index (χ3v) is 3.98. The number of hydrogen-bond acceptors (Lipinski definition) is 3. The fourth-order valence-electron chi connectivity index (χ4n) is 2.12. The van der Waals surface area contributed by atoms with Gasteiger partial charge in [-0.1, -0.05) is 11.6 Å². The molecule has 0 aromatic carbocycles. The van der Waals surface area contributed by atoms with E-state index < -0.39 is 5.60 Å². The van der Waals surface area contributed by atoms with Crippen molar-refractivity contribution in [2.75, 3.05) is 6.54 Å². The van der Waals surface area contributed by atoms with Gasteiger partial charge in [-0.15, -0.1) is 0 Å². The maximum absolute atomic E-state index is 11.8. The molecule has 0 spiro atoms. The van der Waals surface area contributed by atoms with Crippen LogP contribution in [-0.2, 0) is 18.3 Å². The van der Waals surface area contributed by atoms with Gasteiger partial charge in [0.15, 0.2) is 0 Å². The van der Waals surface area contributed by atoms with E-state index in [1.807, 2.05) is 6.92 Å². The molecule has 0 aliphatic heterocycles. The Morgan fingerprint density at radius 2 is 2.28 bits per heavy atom. The zero-order chi connectivity index (χ0) is 13.3. The Morgan fingerprint density at radius 1 is 1.61 bits per heavy atom. The largest absolute Gasteiger partial charge is 0.388 e. The molecule has 0 atom stereocenters. The predicted molar refractivity (Wildman–Crippen MR) is 68.5 cm³/mol. The highest BCUT2D eigenvalue weighted by Crippen LogP contribution is 2.30. The van der Waals surface area contributed by atoms with E-state index in [2.05, 4.69) is 10.4 Å². The van der Waals surface area contributed by atoms with Crippen molar-refractivity contribution in [3.05, 3.63) is 16.4 Å². The molecule has 2 N–H and O–H groups in total. The number of carbonyl (C=O) groups is 1. The van der Waals surface area contributed by atoms with Crippen LogP contribution in [0.1, 0.15) is 30.5 Å². The molecule has 1 saturated carbocycles. The van der Waals surface area contributed by atoms with Gasteiger partial charge in [0, 0.05) is 19.2 Å². The molecule has 18 heavy (non-hydrogen) atoms. The van der Waals surface area contributed by atoms with Crippen LogP contribution >= 0.6 is 11.6 Å². The predicted octanol–water partition coefficient (Wildman–Crippen LogP) is 0.956. The number of aromatic nitrogens is 2. The summed E-state index contributed by atoms with van der Waals surface area (Å²) in [6.45, 7) is 2.15. The average molecular weight is 272 g/mol. The highest BCUT2D eigenvalue weighted by molar-refractivity contribution is 6.30. The first-order chi connectivity index (χ1) is 8.41. The molecule has 2 rings (SSSR count). The Labute approximate surface area is 111 Å². The summed E-state index contributed by atoms with van der Waals surface area (Å²) in [5, 5.41) is 17.3. The van der Waals surface area contributed by atoms with Gasteiger partial charge in [0.2, 0.25) is 5.91 Å². The summed E-state index contributed by atoms with van der Waals surface area (Å²) in [5.74, 6) is -0.131. The Morgan fingerprint density at radius 3 is 2.72 bits per heavy atom. The fourth-order valence-corrected chi connectivity index (χ4v) is 2.36. The number of carbonyl (C=O) groups excluding carboxylic acids is 1. The summed E-state index contributed by atoms with van der Waals surface area (Å²) in [7, 11) is 1.74. The first kappa shape index (κ1) is 13.4. The Hall–Kier alpha value is -1.07. The smallest absolute Gasteiger partial charge is 0.224 e. The van der Waals surface area contributed by atoms with Gasteiger partial charge in [-0.3, -0.25) is 9.48 Å². The maximum Gasteiger partial charge on any atom is 0.224 e. The lowest BCUT2D eigenvalue weighted by Crippen LogP contribution is -2.48. The minimum absolute atomic E-state index is 0.131. The lowest BCUT2D eigenvalue weighted by molar-refractivity contribution is -0.122. The van der Waals surface area contributed by atoms with Crippen molar-refractivity contribution in [2.45, 2.75) is 38.2 Å². The van der Waals surface area contributed by atoms with Crippen LogP contribution in [0, 0.1) is 6.92 Å². The highest BCUT2D eigenvalue weighted by Gasteiger charge is 2.34. The Bertz CT molecular complexity index is 466. The van der Waals surface area contributed by atoms with E-state index in [0.29, 0.717) is 11.7 Å². The molecule has 1 aromatic heterocycles. The summed E-state index contributed by atoms with van der Waals surface area (Å²) in [4.78, 5) is 11.8. The summed E-state index contributed by atoms with van der Waals surface area (Å²) in [6.07, 6.45) is 2.76. The zero-order valence-corrected chi connectivity index (χ0v) is 11.4. The normalized spacial score (nSPS) is 17.3. The van der Waals surface area contributed by atoms with Gasteiger partial charge in [0.1, 0.15) is 5.15 Å². The van der Waals surface area contributed by atoms with Gasteiger partial charge < -0.3 is 10.4 Å². The van der Waals surface area contributed by atoms with Crippen LogP contribution in [0.3, 0.4) is 0 Å². The van der Waals surface area contributed by atoms with Crippen LogP contribution in [-0.4, -0.2) is 32.9 Å². The van der Waals surface area contributed by atoms with Crippen LogP contribution in [0.2, 0.25) is 5.15 Å². The maximum atomic E-state index is 11.8. The fraction of sp³-hybridized carbons (Fsp3) is 0.667. The summed E-state index contributed by atoms with van der Waals surface area (Å²) >= 11 is 6.06. The number of rotatable bonds is 4. The van der Waals surface area contributed by atoms with Gasteiger partial charge in [0.05, 0.1) is 17.7 Å². The average Bonchev–Trinajstić information content (AvgIpc) is 2.51. The van der Waals surface area contributed by atoms with E-state index in [0.717, 1.165) is 30.5 Å². The Balaban J connectivity index is 1.90. The van der Waals surface area contributed by atoms with Crippen molar-refractivity contribution < 1.29 is 9.90 Å². The number of aryl methyl sites for hydroxylation is 2. The SMILES string of the molecule is Cc1nn(C)c(Cl)c1CC(=O)NCC1(O)CCC1. The van der Waals surface area contributed by atoms with E-state index in [1.54, 1.807) is 11.7 Å². The minimum Gasteiger partial charge on any atom is -0.388 e. The molecule has 1 aliphatic rings. The standard InChI is InChI=1S/C12H18ClN3O2/c1-8-9(11(13)16(2)15-8)6-10(17)14-7-12(18)4-3-5-12/h18H,3-7H2,1-2H3,(H,14,17). The number of hydrogen-bond donors (Lipinski definition) is 2. The van der Waals surface area contributed by atoms with Crippen molar-refractivity contribution in [3.8, 4) is 0 Å². The molecular formula is C12H18ClN3O2. The van der Waals surface area contributed by atoms with Crippen molar-refractivity contribution >= 4 is 17.5 Å². The van der Waals surface area contributed by atoms with E-state index in [-0.39, 0.29) is 12.3 Å². The van der Waals surface area contributed by atoms with Gasteiger partial charge in [0.25, 0.3) is 0 Å². The summed E-state index contributed by atoms with van der Waals surface area (Å²) in [5.41, 5.74) is 0.820. The molecule has 1 heterocycles. The first-order valence-corrected chi connectivity index (χ1v) is 6.46. The van der Waals surface area contributed by atoms with E-state index >= 15 is 0 Å². The lowest BCUT2D eigenvalue weighted by Gasteiger charge is -2.36. The van der Waals surface area contributed by atoms with E-state index in [4.69, 9.17) is 11.6 Å². The molecule has 0 bridgehead atoms. The topological polar surface area (TPSA) is 67.2 Å². The Kier molecular flexibility index (Phi) is 3.64. The molecule has 6 heteroatoms. The molecule has 1 aliphatic carbocycles. The molecule has 0 unspecified atom stereocenters. The van der Waals surface area contributed by atoms with Crippen LogP contribution in [0.15, 0.2) is 0 Å². The van der Waals surface area contributed by atoms with Crippen LogP contribution in [0.25, 0.3) is 0 Å². The van der Waals surface area contributed by atoms with Gasteiger partial charge in [-0.25, -0.2) is 0 Å². The molecule has 0 radical (unpaired) electrons. The quantitative estimate of drug-likeness (QED) is 0.857. The highest BCUT2D eigenvalue weighted by atomic mass is 35.5. The molecule has 0 saturated heterocycles. The minimum atomic E-state index is -0.691. The first-order valence-electron chi connectivity index (χ1n) is 6.08. The van der Waals surface area contributed by atoms with Gasteiger partial charge in [-0.2, -0.15) is 5.10 Å². The van der Waals surface area contributed by atoms with Gasteiger partial charge >= 0.3 is 0 Å². The second-order valence-corrected chi connectivity index (χ2v) is 5.37. The molecule has 1 fully saturated rings. The molecule has 100 valence electrons.